The number of benzene rings is 2. The summed E-state index contributed by atoms with van der Waals surface area (Å²) in [6, 6.07) is 12.7. The van der Waals surface area contributed by atoms with Crippen LogP contribution in [0.2, 0.25) is 0 Å². The van der Waals surface area contributed by atoms with E-state index in [2.05, 4.69) is 10.2 Å². The van der Waals surface area contributed by atoms with Crippen LogP contribution in [0.25, 0.3) is 17.1 Å². The van der Waals surface area contributed by atoms with Gasteiger partial charge in [0, 0.05) is 5.69 Å². The molecule has 0 amide bonds. The molecule has 0 aliphatic heterocycles. The number of halogens is 2. The zero-order valence-electron chi connectivity index (χ0n) is 10.2. The molecule has 0 atom stereocenters. The van der Waals surface area contributed by atoms with Crippen LogP contribution in [-0.4, -0.2) is 14.8 Å². The third kappa shape index (κ3) is 2.04. The van der Waals surface area contributed by atoms with Crippen molar-refractivity contribution in [3.63, 3.8) is 0 Å². The van der Waals surface area contributed by atoms with Gasteiger partial charge in [0.25, 0.3) is 0 Å². The Morgan fingerprint density at radius 3 is 2.25 bits per heavy atom. The zero-order chi connectivity index (χ0) is 14.1. The largest absolute Gasteiger partial charge is 0.268 e. The second-order valence-electron chi connectivity index (χ2n) is 4.12. The Morgan fingerprint density at radius 1 is 0.950 bits per heavy atom. The molecule has 1 aromatic heterocycles. The SMILES string of the molecule is Fc1cccc(F)c1-c1n[nH]c(=S)n1-c1ccccc1. The van der Waals surface area contributed by atoms with E-state index in [-0.39, 0.29) is 16.2 Å². The molecule has 20 heavy (non-hydrogen) atoms. The lowest BCUT2D eigenvalue weighted by Gasteiger charge is -2.08. The smallest absolute Gasteiger partial charge is 0.200 e. The summed E-state index contributed by atoms with van der Waals surface area (Å²) in [4.78, 5) is 0. The van der Waals surface area contributed by atoms with Crippen molar-refractivity contribution in [2.24, 2.45) is 0 Å². The summed E-state index contributed by atoms with van der Waals surface area (Å²) in [5, 5.41) is 6.52. The van der Waals surface area contributed by atoms with Crippen LogP contribution < -0.4 is 0 Å². The first-order chi connectivity index (χ1) is 9.68. The maximum atomic E-state index is 13.9. The van der Waals surface area contributed by atoms with Crippen LogP contribution in [0.4, 0.5) is 8.78 Å². The Kier molecular flexibility index (Phi) is 3.15. The van der Waals surface area contributed by atoms with E-state index in [1.165, 1.54) is 22.8 Å². The summed E-state index contributed by atoms with van der Waals surface area (Å²) in [6.07, 6.45) is 0. The molecule has 2 aromatic carbocycles. The highest BCUT2D eigenvalue weighted by molar-refractivity contribution is 7.71. The minimum atomic E-state index is -0.684. The van der Waals surface area contributed by atoms with Crippen molar-refractivity contribution in [1.29, 1.82) is 0 Å². The standard InChI is InChI=1S/C14H9F2N3S/c15-10-7-4-8-11(16)12(10)13-17-18-14(20)19(13)9-5-2-1-3-6-9/h1-8H,(H,18,20). The maximum Gasteiger partial charge on any atom is 0.200 e. The number of para-hydroxylation sites is 1. The molecule has 3 nitrogen and oxygen atoms in total. The molecule has 0 saturated heterocycles. The summed E-state index contributed by atoms with van der Waals surface area (Å²) in [6.45, 7) is 0. The van der Waals surface area contributed by atoms with Gasteiger partial charge in [0.05, 0.1) is 5.56 Å². The van der Waals surface area contributed by atoms with Gasteiger partial charge in [0.2, 0.25) is 0 Å². The molecule has 0 fully saturated rings. The molecule has 0 saturated carbocycles. The van der Waals surface area contributed by atoms with E-state index < -0.39 is 11.6 Å². The van der Waals surface area contributed by atoms with Crippen molar-refractivity contribution in [3.8, 4) is 17.1 Å². The normalized spacial score (nSPS) is 10.7. The Hall–Kier alpha value is -2.34. The predicted octanol–water partition coefficient (Wildman–Crippen LogP) is 3.88. The minimum Gasteiger partial charge on any atom is -0.268 e. The summed E-state index contributed by atoms with van der Waals surface area (Å²) in [5.41, 5.74) is 0.479. The molecule has 3 rings (SSSR count). The van der Waals surface area contributed by atoms with Gasteiger partial charge in [-0.15, -0.1) is 0 Å². The van der Waals surface area contributed by atoms with E-state index in [4.69, 9.17) is 12.2 Å². The van der Waals surface area contributed by atoms with Crippen LogP contribution >= 0.6 is 12.2 Å². The fraction of sp³-hybridized carbons (Fsp3) is 0. The van der Waals surface area contributed by atoms with Crippen molar-refractivity contribution in [1.82, 2.24) is 14.8 Å². The van der Waals surface area contributed by atoms with Gasteiger partial charge in [-0.25, -0.2) is 8.78 Å². The van der Waals surface area contributed by atoms with Crippen molar-refractivity contribution in [2.75, 3.05) is 0 Å². The quantitative estimate of drug-likeness (QED) is 0.726. The fourth-order valence-electron chi connectivity index (χ4n) is 1.99. The van der Waals surface area contributed by atoms with Gasteiger partial charge < -0.3 is 0 Å². The Balaban J connectivity index is 2.30. The topological polar surface area (TPSA) is 33.6 Å². The first kappa shape index (κ1) is 12.7. The van der Waals surface area contributed by atoms with Crippen LogP contribution in [0.3, 0.4) is 0 Å². The summed E-state index contributed by atoms with van der Waals surface area (Å²) >= 11 is 5.14. The number of H-pyrrole nitrogens is 1. The summed E-state index contributed by atoms with van der Waals surface area (Å²) in [5.74, 6) is -1.26. The second-order valence-corrected chi connectivity index (χ2v) is 4.51. The summed E-state index contributed by atoms with van der Waals surface area (Å²) < 4.78 is 29.6. The molecule has 0 aliphatic rings. The lowest BCUT2D eigenvalue weighted by atomic mass is 10.2. The Bertz CT molecular complexity index is 789. The van der Waals surface area contributed by atoms with Gasteiger partial charge in [-0.2, -0.15) is 5.10 Å². The van der Waals surface area contributed by atoms with Crippen LogP contribution in [0.5, 0.6) is 0 Å². The van der Waals surface area contributed by atoms with Crippen LogP contribution in [0.1, 0.15) is 0 Å². The van der Waals surface area contributed by atoms with E-state index >= 15 is 0 Å². The molecule has 1 N–H and O–H groups in total. The van der Waals surface area contributed by atoms with Gasteiger partial charge in [0.15, 0.2) is 10.6 Å². The molecule has 1 heterocycles. The molecule has 0 unspecified atom stereocenters. The molecule has 0 aliphatic carbocycles. The lowest BCUT2D eigenvalue weighted by molar-refractivity contribution is 0.586. The van der Waals surface area contributed by atoms with Crippen LogP contribution in [-0.2, 0) is 0 Å². The Labute approximate surface area is 118 Å². The average Bonchev–Trinajstić information content (AvgIpc) is 2.81. The van der Waals surface area contributed by atoms with Gasteiger partial charge in [-0.05, 0) is 36.5 Å². The molecule has 0 bridgehead atoms. The van der Waals surface area contributed by atoms with Crippen molar-refractivity contribution in [2.45, 2.75) is 0 Å². The first-order valence-electron chi connectivity index (χ1n) is 5.85. The van der Waals surface area contributed by atoms with E-state index in [1.54, 1.807) is 12.1 Å². The highest BCUT2D eigenvalue weighted by Gasteiger charge is 2.18. The van der Waals surface area contributed by atoms with E-state index in [1.807, 2.05) is 18.2 Å². The highest BCUT2D eigenvalue weighted by Crippen LogP contribution is 2.26. The fourth-order valence-corrected chi connectivity index (χ4v) is 2.23. The molecular formula is C14H9F2N3S. The van der Waals surface area contributed by atoms with Crippen molar-refractivity contribution < 1.29 is 8.78 Å². The average molecular weight is 289 g/mol. The van der Waals surface area contributed by atoms with E-state index in [0.717, 1.165) is 0 Å². The van der Waals surface area contributed by atoms with Crippen LogP contribution in [0, 0.1) is 16.4 Å². The number of hydrogen-bond acceptors (Lipinski definition) is 2. The third-order valence-corrected chi connectivity index (χ3v) is 3.15. The number of aromatic amines is 1. The molecule has 3 aromatic rings. The van der Waals surface area contributed by atoms with Gasteiger partial charge in [0.1, 0.15) is 11.6 Å². The molecular weight excluding hydrogens is 280 g/mol. The van der Waals surface area contributed by atoms with E-state index in [0.29, 0.717) is 5.69 Å². The minimum absolute atomic E-state index is 0.108. The number of hydrogen-bond donors (Lipinski definition) is 1. The molecule has 6 heteroatoms. The van der Waals surface area contributed by atoms with Gasteiger partial charge in [-0.3, -0.25) is 9.67 Å². The molecule has 0 spiro atoms. The maximum absolute atomic E-state index is 13.9. The predicted molar refractivity (Wildman–Crippen MR) is 74.1 cm³/mol. The number of aromatic nitrogens is 3. The zero-order valence-corrected chi connectivity index (χ0v) is 11.0. The van der Waals surface area contributed by atoms with Gasteiger partial charge in [-0.1, -0.05) is 24.3 Å². The van der Waals surface area contributed by atoms with Crippen molar-refractivity contribution >= 4 is 12.2 Å². The highest BCUT2D eigenvalue weighted by atomic mass is 32.1. The Morgan fingerprint density at radius 2 is 1.60 bits per heavy atom. The number of rotatable bonds is 2. The van der Waals surface area contributed by atoms with Gasteiger partial charge >= 0.3 is 0 Å². The third-order valence-electron chi connectivity index (χ3n) is 2.87. The van der Waals surface area contributed by atoms with Crippen molar-refractivity contribution in [3.05, 3.63) is 64.9 Å². The molecule has 100 valence electrons. The first-order valence-corrected chi connectivity index (χ1v) is 6.26. The monoisotopic (exact) mass is 289 g/mol. The van der Waals surface area contributed by atoms with E-state index in [9.17, 15) is 8.78 Å². The second kappa shape index (κ2) is 4.97. The number of nitrogens with zero attached hydrogens (tertiary/aromatic N) is 2. The number of nitrogens with one attached hydrogen (secondary N) is 1. The van der Waals surface area contributed by atoms with Crippen LogP contribution in [0.15, 0.2) is 48.5 Å². The lowest BCUT2D eigenvalue weighted by Crippen LogP contribution is -2.01. The summed E-state index contributed by atoms with van der Waals surface area (Å²) in [7, 11) is 0. The molecule has 0 radical (unpaired) electrons.